The molecule has 1 atom stereocenters. The van der Waals surface area contributed by atoms with Gasteiger partial charge in [0.25, 0.3) is 0 Å². The van der Waals surface area contributed by atoms with E-state index >= 15 is 0 Å². The van der Waals surface area contributed by atoms with Crippen molar-refractivity contribution in [3.63, 3.8) is 0 Å². The number of allylic oxidation sites excluding steroid dienone is 5. The van der Waals surface area contributed by atoms with Crippen LogP contribution >= 0.6 is 0 Å². The summed E-state index contributed by atoms with van der Waals surface area (Å²) in [5.74, 6) is -0.271. The molecule has 0 heterocycles. The van der Waals surface area contributed by atoms with Gasteiger partial charge in [0.1, 0.15) is 0 Å². The zero-order chi connectivity index (χ0) is 14.4. The third-order valence-electron chi connectivity index (χ3n) is 3.52. The first-order valence-electron chi connectivity index (χ1n) is 7.01. The molecule has 0 radical (unpaired) electrons. The van der Waals surface area contributed by atoms with Crippen LogP contribution in [-0.4, -0.2) is 11.1 Å². The third kappa shape index (κ3) is 4.23. The highest BCUT2D eigenvalue weighted by molar-refractivity contribution is 5.90. The lowest BCUT2D eigenvalue weighted by atomic mass is 9.93. The van der Waals surface area contributed by atoms with Crippen LogP contribution in [0.5, 0.6) is 0 Å². The van der Waals surface area contributed by atoms with E-state index in [1.165, 1.54) is 11.6 Å². The normalized spacial score (nSPS) is 18.8. The molecule has 1 unspecified atom stereocenters. The van der Waals surface area contributed by atoms with E-state index in [1.807, 2.05) is 30.3 Å². The van der Waals surface area contributed by atoms with Crippen LogP contribution in [0.4, 0.5) is 0 Å². The molecule has 1 aromatic rings. The van der Waals surface area contributed by atoms with Crippen LogP contribution < -0.4 is 0 Å². The number of hydrogen-bond donors (Lipinski definition) is 1. The fourth-order valence-electron chi connectivity index (χ4n) is 2.34. The van der Waals surface area contributed by atoms with Crippen LogP contribution in [0.15, 0.2) is 60.2 Å². The predicted octanol–water partition coefficient (Wildman–Crippen LogP) is 4.46. The van der Waals surface area contributed by atoms with Crippen molar-refractivity contribution in [2.24, 2.45) is 5.92 Å². The maximum Gasteiger partial charge on any atom is 0.328 e. The summed E-state index contributed by atoms with van der Waals surface area (Å²) < 4.78 is 0. The van der Waals surface area contributed by atoms with Gasteiger partial charge in [-0.05, 0) is 36.3 Å². The molecule has 0 bridgehead atoms. The van der Waals surface area contributed by atoms with Crippen LogP contribution in [0.1, 0.15) is 31.7 Å². The maximum atomic E-state index is 11.0. The van der Waals surface area contributed by atoms with E-state index in [2.05, 4.69) is 25.2 Å². The summed E-state index contributed by atoms with van der Waals surface area (Å²) in [6, 6.07) is 9.73. The van der Waals surface area contributed by atoms with Gasteiger partial charge in [0, 0.05) is 6.08 Å². The highest BCUT2D eigenvalue weighted by atomic mass is 16.4. The number of carboxylic acids is 1. The molecule has 2 rings (SSSR count). The minimum atomic E-state index is -0.884. The Balaban J connectivity index is 2.07. The van der Waals surface area contributed by atoms with Gasteiger partial charge in [0.15, 0.2) is 0 Å². The van der Waals surface area contributed by atoms with Crippen LogP contribution in [0.2, 0.25) is 0 Å². The van der Waals surface area contributed by atoms with Crippen LogP contribution in [0.25, 0.3) is 5.57 Å². The summed E-state index contributed by atoms with van der Waals surface area (Å²) in [6.07, 6.45) is 10.7. The molecule has 20 heavy (non-hydrogen) atoms. The molecule has 1 N–H and O–H groups in total. The lowest BCUT2D eigenvalue weighted by molar-refractivity contribution is -0.131. The lowest BCUT2D eigenvalue weighted by Gasteiger charge is -2.13. The molecule has 0 spiro atoms. The SMILES string of the molecule is CC1C=CC(CC/C(=C/C(=O)O)c2ccccc2)=CC1. The fraction of sp³-hybridized carbons (Fsp3) is 0.278. The molecule has 1 aliphatic rings. The molecule has 0 aliphatic heterocycles. The summed E-state index contributed by atoms with van der Waals surface area (Å²) in [5, 5.41) is 9.01. The Morgan fingerprint density at radius 3 is 2.70 bits per heavy atom. The van der Waals surface area contributed by atoms with Crippen LogP contribution in [-0.2, 0) is 4.79 Å². The standard InChI is InChI=1S/C18H20O2/c1-14-7-9-15(10-8-14)11-12-17(13-18(19)20)16-5-3-2-4-6-16/h2-7,9-10,13-14H,8,11-12H2,1H3,(H,19,20)/b17-13-. The monoisotopic (exact) mass is 268 g/mol. The van der Waals surface area contributed by atoms with Gasteiger partial charge in [0.2, 0.25) is 0 Å². The summed E-state index contributed by atoms with van der Waals surface area (Å²) in [7, 11) is 0. The Morgan fingerprint density at radius 2 is 2.10 bits per heavy atom. The van der Waals surface area contributed by atoms with E-state index in [1.54, 1.807) is 0 Å². The predicted molar refractivity (Wildman–Crippen MR) is 82.3 cm³/mol. The molecule has 2 nitrogen and oxygen atoms in total. The molecule has 0 aromatic heterocycles. The van der Waals surface area contributed by atoms with E-state index in [-0.39, 0.29) is 0 Å². The molecular formula is C18H20O2. The lowest BCUT2D eigenvalue weighted by Crippen LogP contribution is -1.97. The Hall–Kier alpha value is -2.09. The average Bonchev–Trinajstić information content (AvgIpc) is 2.46. The minimum absolute atomic E-state index is 0.613. The molecule has 1 aromatic carbocycles. The van der Waals surface area contributed by atoms with Crippen LogP contribution in [0.3, 0.4) is 0 Å². The molecule has 0 saturated carbocycles. The smallest absolute Gasteiger partial charge is 0.328 e. The van der Waals surface area contributed by atoms with Crippen molar-refractivity contribution in [3.05, 3.63) is 65.8 Å². The molecule has 2 heteroatoms. The quantitative estimate of drug-likeness (QED) is 0.801. The number of carbonyl (C=O) groups is 1. The minimum Gasteiger partial charge on any atom is -0.478 e. The van der Waals surface area contributed by atoms with Gasteiger partial charge in [0.05, 0.1) is 0 Å². The fourth-order valence-corrected chi connectivity index (χ4v) is 2.34. The van der Waals surface area contributed by atoms with Crippen molar-refractivity contribution in [1.29, 1.82) is 0 Å². The van der Waals surface area contributed by atoms with E-state index in [9.17, 15) is 4.79 Å². The summed E-state index contributed by atoms with van der Waals surface area (Å²) in [5.41, 5.74) is 3.17. The number of rotatable bonds is 5. The highest BCUT2D eigenvalue weighted by Gasteiger charge is 2.07. The van der Waals surface area contributed by atoms with Gasteiger partial charge in [-0.15, -0.1) is 0 Å². The summed E-state index contributed by atoms with van der Waals surface area (Å²) in [6.45, 7) is 2.20. The first-order chi connectivity index (χ1) is 9.65. The van der Waals surface area contributed by atoms with Gasteiger partial charge < -0.3 is 5.11 Å². The topological polar surface area (TPSA) is 37.3 Å². The van der Waals surface area contributed by atoms with E-state index in [0.717, 1.165) is 30.4 Å². The molecule has 104 valence electrons. The molecule has 0 fully saturated rings. The van der Waals surface area contributed by atoms with Crippen molar-refractivity contribution in [2.45, 2.75) is 26.2 Å². The molecule has 1 aliphatic carbocycles. The average molecular weight is 268 g/mol. The zero-order valence-electron chi connectivity index (χ0n) is 11.8. The molecular weight excluding hydrogens is 248 g/mol. The second kappa shape index (κ2) is 6.90. The second-order valence-corrected chi connectivity index (χ2v) is 5.22. The van der Waals surface area contributed by atoms with E-state index in [0.29, 0.717) is 5.92 Å². The Morgan fingerprint density at radius 1 is 1.35 bits per heavy atom. The molecule has 0 amide bonds. The van der Waals surface area contributed by atoms with E-state index in [4.69, 9.17) is 5.11 Å². The first kappa shape index (κ1) is 14.3. The highest BCUT2D eigenvalue weighted by Crippen LogP contribution is 2.25. The summed E-state index contributed by atoms with van der Waals surface area (Å²) in [4.78, 5) is 11.0. The van der Waals surface area contributed by atoms with Crippen molar-refractivity contribution in [3.8, 4) is 0 Å². The first-order valence-corrected chi connectivity index (χ1v) is 7.01. The van der Waals surface area contributed by atoms with Gasteiger partial charge in [-0.1, -0.05) is 61.1 Å². The second-order valence-electron chi connectivity index (χ2n) is 5.22. The van der Waals surface area contributed by atoms with Gasteiger partial charge in [-0.3, -0.25) is 0 Å². The molecule has 0 saturated heterocycles. The van der Waals surface area contributed by atoms with Gasteiger partial charge in [-0.25, -0.2) is 4.79 Å². The maximum absolute atomic E-state index is 11.0. The van der Waals surface area contributed by atoms with E-state index < -0.39 is 5.97 Å². The van der Waals surface area contributed by atoms with Crippen LogP contribution in [0, 0.1) is 5.92 Å². The van der Waals surface area contributed by atoms with Crippen molar-refractivity contribution >= 4 is 11.5 Å². The van der Waals surface area contributed by atoms with Gasteiger partial charge in [-0.2, -0.15) is 0 Å². The number of carboxylic acid groups (broad SMARTS) is 1. The largest absolute Gasteiger partial charge is 0.478 e. The van der Waals surface area contributed by atoms with Crippen molar-refractivity contribution in [2.75, 3.05) is 0 Å². The Kier molecular flexibility index (Phi) is 4.94. The zero-order valence-corrected chi connectivity index (χ0v) is 11.8. The summed E-state index contributed by atoms with van der Waals surface area (Å²) >= 11 is 0. The van der Waals surface area contributed by atoms with Gasteiger partial charge >= 0.3 is 5.97 Å². The Bertz CT molecular complexity index is 550. The number of aliphatic carboxylic acids is 1. The van der Waals surface area contributed by atoms with Crippen molar-refractivity contribution in [1.82, 2.24) is 0 Å². The Labute approximate surface area is 120 Å². The van der Waals surface area contributed by atoms with Crippen molar-refractivity contribution < 1.29 is 9.90 Å². The third-order valence-corrected chi connectivity index (χ3v) is 3.52. The number of hydrogen-bond acceptors (Lipinski definition) is 1. The number of benzene rings is 1.